The van der Waals surface area contributed by atoms with Gasteiger partial charge in [0.25, 0.3) is 0 Å². The van der Waals surface area contributed by atoms with Crippen LogP contribution in [0.1, 0.15) is 57.8 Å². The molecule has 0 unspecified atom stereocenters. The minimum Gasteiger partial charge on any atom is -0.382 e. The molecule has 48 heavy (non-hydrogen) atoms. The van der Waals surface area contributed by atoms with Crippen LogP contribution in [0, 0.1) is 0 Å². The molecule has 0 aliphatic heterocycles. The quantitative estimate of drug-likeness (QED) is 0.0710. The van der Waals surface area contributed by atoms with Crippen LogP contribution in [0.4, 0.5) is 0 Å². The fraction of sp³-hybridized carbons (Fsp3) is 0.971. The number of amides is 1. The molecule has 0 heterocycles. The van der Waals surface area contributed by atoms with E-state index in [1.165, 1.54) is 38.5 Å². The van der Waals surface area contributed by atoms with E-state index in [4.69, 9.17) is 52.1 Å². The maximum absolute atomic E-state index is 11.9. The number of ether oxygens (including phenoxy) is 11. The Morgan fingerprint density at radius 1 is 0.396 bits per heavy atom. The Hall–Kier alpha value is -0.620. The number of hydrogen-bond donors (Lipinski definition) is 2. The number of carbonyl (C=O) groups is 1. The van der Waals surface area contributed by atoms with Gasteiger partial charge in [-0.15, -0.1) is 0 Å². The van der Waals surface area contributed by atoms with Crippen LogP contribution in [0.3, 0.4) is 0 Å². The van der Waals surface area contributed by atoms with Crippen molar-refractivity contribution in [2.75, 3.05) is 158 Å². The van der Waals surface area contributed by atoms with Crippen molar-refractivity contribution < 1.29 is 56.9 Å². The number of methoxy groups -OCH3 is 1. The monoisotopic (exact) mass is 715 g/mol. The van der Waals surface area contributed by atoms with E-state index >= 15 is 0 Å². The van der Waals surface area contributed by atoms with Gasteiger partial charge in [-0.25, -0.2) is 0 Å². The van der Waals surface area contributed by atoms with E-state index < -0.39 is 0 Å². The van der Waals surface area contributed by atoms with Crippen LogP contribution >= 0.6 is 12.6 Å². The highest BCUT2D eigenvalue weighted by molar-refractivity contribution is 7.80. The van der Waals surface area contributed by atoms with E-state index in [9.17, 15) is 4.79 Å². The summed E-state index contributed by atoms with van der Waals surface area (Å²) in [6, 6.07) is 0. The summed E-state index contributed by atoms with van der Waals surface area (Å²) in [5.74, 6) is 1.09. The molecule has 0 aliphatic carbocycles. The third-order valence-corrected chi connectivity index (χ3v) is 6.98. The minimum atomic E-state index is 0.105. The molecule has 14 heteroatoms. The zero-order valence-electron chi connectivity index (χ0n) is 30.0. The van der Waals surface area contributed by atoms with Gasteiger partial charge >= 0.3 is 0 Å². The molecule has 0 radical (unpaired) electrons. The van der Waals surface area contributed by atoms with Crippen LogP contribution < -0.4 is 5.32 Å². The number of carbonyl (C=O) groups excluding carboxylic acids is 1. The third-order valence-electron chi connectivity index (χ3n) is 6.66. The van der Waals surface area contributed by atoms with Crippen molar-refractivity contribution in [2.24, 2.45) is 0 Å². The average molecular weight is 716 g/mol. The first-order valence-electron chi connectivity index (χ1n) is 17.9. The molecule has 0 rings (SSSR count). The second kappa shape index (κ2) is 44.4. The molecule has 13 nitrogen and oxygen atoms in total. The standard InChI is InChI=1S/C34H69NO12S/c1-37-13-14-39-17-18-41-21-22-43-25-26-45-29-30-47-32-31-46-28-27-44-24-23-42-20-19-40-16-15-38-12-11-35-34(36)10-8-6-4-2-3-5-7-9-33-48/h48H,2-33H2,1H3,(H,35,36). The van der Waals surface area contributed by atoms with Crippen molar-refractivity contribution in [3.8, 4) is 0 Å². The van der Waals surface area contributed by atoms with Crippen molar-refractivity contribution >= 4 is 18.5 Å². The van der Waals surface area contributed by atoms with E-state index in [0.29, 0.717) is 152 Å². The van der Waals surface area contributed by atoms with E-state index in [1.54, 1.807) is 7.11 Å². The van der Waals surface area contributed by atoms with Gasteiger partial charge in [0.2, 0.25) is 5.91 Å². The van der Waals surface area contributed by atoms with Crippen molar-refractivity contribution in [2.45, 2.75) is 57.8 Å². The predicted molar refractivity (Wildman–Crippen MR) is 188 cm³/mol. The maximum atomic E-state index is 11.9. The van der Waals surface area contributed by atoms with Gasteiger partial charge in [0.05, 0.1) is 139 Å². The Bertz CT molecular complexity index is 612. The fourth-order valence-electron chi connectivity index (χ4n) is 4.03. The van der Waals surface area contributed by atoms with E-state index in [1.807, 2.05) is 0 Å². The molecule has 0 fully saturated rings. The lowest BCUT2D eigenvalue weighted by atomic mass is 10.1. The minimum absolute atomic E-state index is 0.105. The molecule has 0 bridgehead atoms. The van der Waals surface area contributed by atoms with Gasteiger partial charge in [0.1, 0.15) is 0 Å². The first-order chi connectivity index (χ1) is 23.8. The summed E-state index contributed by atoms with van der Waals surface area (Å²) in [6.45, 7) is 11.5. The van der Waals surface area contributed by atoms with Crippen molar-refractivity contribution in [1.29, 1.82) is 0 Å². The highest BCUT2D eigenvalue weighted by Crippen LogP contribution is 2.10. The molecule has 0 aliphatic rings. The zero-order valence-corrected chi connectivity index (χ0v) is 30.9. The number of nitrogens with one attached hydrogen (secondary N) is 1. The summed E-state index contributed by atoms with van der Waals surface area (Å²) in [4.78, 5) is 11.9. The van der Waals surface area contributed by atoms with Crippen molar-refractivity contribution in [3.63, 3.8) is 0 Å². The lowest BCUT2D eigenvalue weighted by Crippen LogP contribution is -2.27. The summed E-state index contributed by atoms with van der Waals surface area (Å²) >= 11 is 4.24. The topological polar surface area (TPSA) is 131 Å². The molecular weight excluding hydrogens is 646 g/mol. The summed E-state index contributed by atoms with van der Waals surface area (Å²) in [7, 11) is 1.65. The Labute approximate surface area is 296 Å². The number of rotatable bonds is 43. The third kappa shape index (κ3) is 43.4. The Morgan fingerprint density at radius 2 is 0.667 bits per heavy atom. The molecular formula is C34H69NO12S. The van der Waals surface area contributed by atoms with Gasteiger partial charge < -0.3 is 57.4 Å². The normalized spacial score (nSPS) is 11.5. The Kier molecular flexibility index (Phi) is 43.8. The molecule has 0 aromatic carbocycles. The van der Waals surface area contributed by atoms with E-state index in [-0.39, 0.29) is 5.91 Å². The zero-order chi connectivity index (χ0) is 34.7. The summed E-state index contributed by atoms with van der Waals surface area (Å²) in [6.07, 6.45) is 10.2. The predicted octanol–water partition coefficient (Wildman–Crippen LogP) is 3.36. The molecule has 1 N–H and O–H groups in total. The molecule has 288 valence electrons. The smallest absolute Gasteiger partial charge is 0.220 e. The number of unbranched alkanes of at least 4 members (excludes halogenated alkanes) is 7. The van der Waals surface area contributed by atoms with Gasteiger partial charge in [0.15, 0.2) is 0 Å². The van der Waals surface area contributed by atoms with Crippen LogP contribution in [0.25, 0.3) is 0 Å². The molecule has 0 saturated carbocycles. The summed E-state index contributed by atoms with van der Waals surface area (Å²) < 4.78 is 59.4. The van der Waals surface area contributed by atoms with Gasteiger partial charge in [-0.2, -0.15) is 12.6 Å². The Morgan fingerprint density at radius 3 is 0.979 bits per heavy atom. The molecule has 0 saturated heterocycles. The second-order valence-corrected chi connectivity index (χ2v) is 11.2. The largest absolute Gasteiger partial charge is 0.382 e. The fourth-order valence-corrected chi connectivity index (χ4v) is 4.26. The lowest BCUT2D eigenvalue weighted by Gasteiger charge is -2.09. The van der Waals surface area contributed by atoms with Crippen LogP contribution in [0.2, 0.25) is 0 Å². The summed E-state index contributed by atoms with van der Waals surface area (Å²) in [5, 5.41) is 2.91. The van der Waals surface area contributed by atoms with Gasteiger partial charge in [-0.3, -0.25) is 4.79 Å². The lowest BCUT2D eigenvalue weighted by molar-refractivity contribution is -0.121. The van der Waals surface area contributed by atoms with Gasteiger partial charge in [-0.05, 0) is 18.6 Å². The average Bonchev–Trinajstić information content (AvgIpc) is 3.09. The molecule has 0 atom stereocenters. The maximum Gasteiger partial charge on any atom is 0.220 e. The number of thiol groups is 1. The molecule has 0 aromatic heterocycles. The summed E-state index contributed by atoms with van der Waals surface area (Å²) in [5.41, 5.74) is 0. The van der Waals surface area contributed by atoms with E-state index in [0.717, 1.165) is 18.6 Å². The molecule has 0 aromatic rings. The van der Waals surface area contributed by atoms with Crippen LogP contribution in [-0.4, -0.2) is 164 Å². The van der Waals surface area contributed by atoms with Crippen molar-refractivity contribution in [1.82, 2.24) is 5.32 Å². The number of hydrogen-bond acceptors (Lipinski definition) is 13. The van der Waals surface area contributed by atoms with Gasteiger partial charge in [0, 0.05) is 20.1 Å². The van der Waals surface area contributed by atoms with Gasteiger partial charge in [-0.1, -0.05) is 38.5 Å². The Balaban J connectivity index is 3.10. The van der Waals surface area contributed by atoms with Crippen LogP contribution in [0.5, 0.6) is 0 Å². The first-order valence-corrected chi connectivity index (χ1v) is 18.6. The van der Waals surface area contributed by atoms with Crippen molar-refractivity contribution in [3.05, 3.63) is 0 Å². The van der Waals surface area contributed by atoms with E-state index in [2.05, 4.69) is 17.9 Å². The van der Waals surface area contributed by atoms with Crippen LogP contribution in [0.15, 0.2) is 0 Å². The highest BCUT2D eigenvalue weighted by atomic mass is 32.1. The SMILES string of the molecule is COCCOCCOCCOCCOCCOCCOCCOCCOCCOCCOCCNC(=O)CCCCCCCCCCS. The first kappa shape index (κ1) is 47.4. The molecule has 0 spiro atoms. The highest BCUT2D eigenvalue weighted by Gasteiger charge is 2.01. The molecule has 1 amide bonds. The second-order valence-electron chi connectivity index (χ2n) is 10.8. The van der Waals surface area contributed by atoms with Crippen LogP contribution in [-0.2, 0) is 56.9 Å².